The molecule has 1 aliphatic carbocycles. The number of rotatable bonds is 3. The second-order valence-corrected chi connectivity index (χ2v) is 7.69. The molecule has 138 valence electrons. The Bertz CT molecular complexity index is 1080. The van der Waals surface area contributed by atoms with Gasteiger partial charge in [0.2, 0.25) is 5.91 Å². The summed E-state index contributed by atoms with van der Waals surface area (Å²) in [5, 5.41) is 0.484. The zero-order valence-electron chi connectivity index (χ0n) is 15.0. The van der Waals surface area contributed by atoms with Gasteiger partial charge in [-0.15, -0.1) is 0 Å². The fourth-order valence-corrected chi connectivity index (χ4v) is 3.65. The van der Waals surface area contributed by atoms with Crippen LogP contribution in [0.25, 0.3) is 11.0 Å². The van der Waals surface area contributed by atoms with Gasteiger partial charge >= 0.3 is 0 Å². The number of amides is 1. The summed E-state index contributed by atoms with van der Waals surface area (Å²) in [5.41, 5.74) is 3.18. The Morgan fingerprint density at radius 2 is 1.96 bits per heavy atom. The highest BCUT2D eigenvalue weighted by Crippen LogP contribution is 2.22. The molecule has 2 heterocycles. The van der Waals surface area contributed by atoms with Crippen LogP contribution >= 0.6 is 15.9 Å². The SMILES string of the molecule is CN(C(=O)Cn1cnc2nc3c(cc2c1=O)CCCC3)c1ccc(Br)cc1. The topological polar surface area (TPSA) is 68.1 Å². The third-order valence-corrected chi connectivity index (χ3v) is 5.51. The second-order valence-electron chi connectivity index (χ2n) is 6.78. The average molecular weight is 427 g/mol. The zero-order chi connectivity index (χ0) is 19.0. The molecule has 0 saturated carbocycles. The first kappa shape index (κ1) is 17.9. The minimum absolute atomic E-state index is 0.0641. The van der Waals surface area contributed by atoms with Gasteiger partial charge in [-0.3, -0.25) is 14.2 Å². The van der Waals surface area contributed by atoms with Crippen molar-refractivity contribution < 1.29 is 4.79 Å². The molecule has 0 unspecified atom stereocenters. The van der Waals surface area contributed by atoms with Crippen LogP contribution in [0.15, 0.2) is 45.9 Å². The molecule has 0 fully saturated rings. The molecule has 0 aliphatic heterocycles. The number of fused-ring (bicyclic) bond motifs is 2. The van der Waals surface area contributed by atoms with Crippen molar-refractivity contribution >= 4 is 38.6 Å². The molecule has 1 aliphatic rings. The van der Waals surface area contributed by atoms with E-state index in [1.54, 1.807) is 7.05 Å². The molecule has 1 amide bonds. The molecule has 7 heteroatoms. The molecule has 0 radical (unpaired) electrons. The number of hydrogen-bond donors (Lipinski definition) is 0. The Kier molecular flexibility index (Phi) is 4.78. The van der Waals surface area contributed by atoms with E-state index in [1.807, 2.05) is 30.3 Å². The highest BCUT2D eigenvalue weighted by Gasteiger charge is 2.17. The molecule has 0 N–H and O–H groups in total. The molecule has 3 aromatic rings. The van der Waals surface area contributed by atoms with Gasteiger partial charge in [0.25, 0.3) is 5.56 Å². The first-order chi connectivity index (χ1) is 13.0. The number of anilines is 1. The predicted octanol–water partition coefficient (Wildman–Crippen LogP) is 3.10. The number of aromatic nitrogens is 3. The van der Waals surface area contributed by atoms with E-state index in [9.17, 15) is 9.59 Å². The molecule has 4 rings (SSSR count). The van der Waals surface area contributed by atoms with E-state index < -0.39 is 0 Å². The van der Waals surface area contributed by atoms with Crippen molar-refractivity contribution in [1.29, 1.82) is 0 Å². The largest absolute Gasteiger partial charge is 0.314 e. The maximum atomic E-state index is 12.9. The molecular weight excluding hydrogens is 408 g/mol. The predicted molar refractivity (Wildman–Crippen MR) is 108 cm³/mol. The van der Waals surface area contributed by atoms with E-state index in [2.05, 4.69) is 25.9 Å². The lowest BCUT2D eigenvalue weighted by molar-refractivity contribution is -0.118. The molecule has 0 atom stereocenters. The van der Waals surface area contributed by atoms with Crippen LogP contribution in [0.2, 0.25) is 0 Å². The Labute approximate surface area is 165 Å². The summed E-state index contributed by atoms with van der Waals surface area (Å²) in [6.45, 7) is -0.0641. The quantitative estimate of drug-likeness (QED) is 0.645. The van der Waals surface area contributed by atoms with Gasteiger partial charge in [0.1, 0.15) is 12.9 Å². The van der Waals surface area contributed by atoms with Crippen LogP contribution in [0, 0.1) is 0 Å². The third kappa shape index (κ3) is 3.51. The minimum Gasteiger partial charge on any atom is -0.314 e. The molecular formula is C20H19BrN4O2. The smallest absolute Gasteiger partial charge is 0.263 e. The molecule has 27 heavy (non-hydrogen) atoms. The van der Waals surface area contributed by atoms with Gasteiger partial charge in [0.15, 0.2) is 5.65 Å². The van der Waals surface area contributed by atoms with Crippen LogP contribution < -0.4 is 10.5 Å². The summed E-state index contributed by atoms with van der Waals surface area (Å²) in [7, 11) is 1.70. The van der Waals surface area contributed by atoms with Gasteiger partial charge in [-0.05, 0) is 61.6 Å². The van der Waals surface area contributed by atoms with Crippen LogP contribution in [0.4, 0.5) is 5.69 Å². The molecule has 2 aromatic heterocycles. The lowest BCUT2D eigenvalue weighted by atomic mass is 9.95. The maximum Gasteiger partial charge on any atom is 0.263 e. The number of likely N-dealkylation sites (N-methyl/N-ethyl adjacent to an activating group) is 1. The van der Waals surface area contributed by atoms with Gasteiger partial charge in [-0.2, -0.15) is 0 Å². The minimum atomic E-state index is -0.224. The van der Waals surface area contributed by atoms with Gasteiger partial charge < -0.3 is 4.90 Å². The highest BCUT2D eigenvalue weighted by molar-refractivity contribution is 9.10. The van der Waals surface area contributed by atoms with Crippen molar-refractivity contribution in [2.24, 2.45) is 0 Å². The van der Waals surface area contributed by atoms with Crippen LogP contribution in [-0.4, -0.2) is 27.5 Å². The van der Waals surface area contributed by atoms with Crippen LogP contribution in [0.1, 0.15) is 24.1 Å². The lowest BCUT2D eigenvalue weighted by Gasteiger charge is -2.18. The second kappa shape index (κ2) is 7.23. The third-order valence-electron chi connectivity index (χ3n) is 4.98. The van der Waals surface area contributed by atoms with Crippen molar-refractivity contribution in [1.82, 2.24) is 14.5 Å². The van der Waals surface area contributed by atoms with Crippen molar-refractivity contribution in [2.45, 2.75) is 32.2 Å². The lowest BCUT2D eigenvalue weighted by Crippen LogP contribution is -2.34. The first-order valence-corrected chi connectivity index (χ1v) is 9.72. The Morgan fingerprint density at radius 3 is 2.74 bits per heavy atom. The summed E-state index contributed by atoms with van der Waals surface area (Å²) in [4.78, 5) is 35.9. The van der Waals surface area contributed by atoms with E-state index >= 15 is 0 Å². The number of nitrogens with zero attached hydrogens (tertiary/aromatic N) is 4. The van der Waals surface area contributed by atoms with Gasteiger partial charge in [-0.1, -0.05) is 15.9 Å². The number of benzene rings is 1. The summed E-state index contributed by atoms with van der Waals surface area (Å²) in [6, 6.07) is 9.35. The van der Waals surface area contributed by atoms with E-state index in [-0.39, 0.29) is 18.0 Å². The number of carbonyl (C=O) groups is 1. The molecule has 0 bridgehead atoms. The monoisotopic (exact) mass is 426 g/mol. The first-order valence-electron chi connectivity index (χ1n) is 8.93. The van der Waals surface area contributed by atoms with E-state index in [1.165, 1.54) is 15.8 Å². The van der Waals surface area contributed by atoms with Crippen molar-refractivity contribution in [2.75, 3.05) is 11.9 Å². The maximum absolute atomic E-state index is 12.9. The summed E-state index contributed by atoms with van der Waals surface area (Å²) < 4.78 is 2.30. The van der Waals surface area contributed by atoms with Crippen molar-refractivity contribution in [3.8, 4) is 0 Å². The number of hydrogen-bond acceptors (Lipinski definition) is 4. The Morgan fingerprint density at radius 1 is 1.22 bits per heavy atom. The number of carbonyl (C=O) groups excluding carboxylic acids is 1. The normalized spacial score (nSPS) is 13.4. The number of pyridine rings is 1. The number of halogens is 1. The van der Waals surface area contributed by atoms with E-state index in [0.717, 1.165) is 47.1 Å². The fourth-order valence-electron chi connectivity index (χ4n) is 3.38. The van der Waals surface area contributed by atoms with Gasteiger partial charge in [0.05, 0.1) is 5.39 Å². The molecule has 0 spiro atoms. The van der Waals surface area contributed by atoms with Crippen molar-refractivity contribution in [3.63, 3.8) is 0 Å². The van der Waals surface area contributed by atoms with Crippen molar-refractivity contribution in [3.05, 3.63) is 62.7 Å². The summed E-state index contributed by atoms with van der Waals surface area (Å²) in [6.07, 6.45) is 5.54. The summed E-state index contributed by atoms with van der Waals surface area (Å²) >= 11 is 3.38. The Balaban J connectivity index is 1.63. The van der Waals surface area contributed by atoms with E-state index in [0.29, 0.717) is 11.0 Å². The van der Waals surface area contributed by atoms with E-state index in [4.69, 9.17) is 0 Å². The molecule has 1 aromatic carbocycles. The van der Waals surface area contributed by atoms with Crippen LogP contribution in [-0.2, 0) is 24.2 Å². The van der Waals surface area contributed by atoms with Crippen LogP contribution in [0.3, 0.4) is 0 Å². The molecule has 6 nitrogen and oxygen atoms in total. The Hall–Kier alpha value is -2.54. The highest BCUT2D eigenvalue weighted by atomic mass is 79.9. The molecule has 0 saturated heterocycles. The fraction of sp³-hybridized carbons (Fsp3) is 0.300. The average Bonchev–Trinajstić information content (AvgIpc) is 2.69. The summed E-state index contributed by atoms with van der Waals surface area (Å²) in [5.74, 6) is -0.188. The van der Waals surface area contributed by atoms with Gasteiger partial charge in [-0.25, -0.2) is 9.97 Å². The standard InChI is InChI=1S/C20H19BrN4O2/c1-24(15-8-6-14(21)7-9-15)18(26)11-25-12-22-19-16(20(25)27)10-13-4-2-3-5-17(13)23-19/h6-10,12H,2-5,11H2,1H3. The number of aryl methyl sites for hydroxylation is 2. The van der Waals surface area contributed by atoms with Gasteiger partial charge in [0, 0.05) is 22.9 Å². The van der Waals surface area contributed by atoms with Crippen LogP contribution in [0.5, 0.6) is 0 Å². The zero-order valence-corrected chi connectivity index (χ0v) is 16.6.